The summed E-state index contributed by atoms with van der Waals surface area (Å²) < 4.78 is 11.9. The maximum atomic E-state index is 14.4. The molecule has 4 rings (SSSR count). The van der Waals surface area contributed by atoms with Crippen LogP contribution in [-0.2, 0) is 30.3 Å². The zero-order valence-electron chi connectivity index (χ0n) is 21.9. The normalized spacial score (nSPS) is 31.2. The van der Waals surface area contributed by atoms with E-state index in [4.69, 9.17) is 9.47 Å². The van der Waals surface area contributed by atoms with E-state index in [9.17, 15) is 19.5 Å². The van der Waals surface area contributed by atoms with E-state index < -0.39 is 47.1 Å². The number of carbonyl (C=O) groups excluding carboxylic acids is 3. The minimum Gasteiger partial charge on any atom is -0.466 e. The molecule has 0 radical (unpaired) electrons. The number of aliphatic hydroxyl groups is 1. The van der Waals surface area contributed by atoms with Gasteiger partial charge < -0.3 is 24.4 Å². The van der Waals surface area contributed by atoms with E-state index in [1.807, 2.05) is 51.1 Å². The van der Waals surface area contributed by atoms with Gasteiger partial charge in [-0.25, -0.2) is 0 Å². The number of amides is 2. The Bertz CT molecular complexity index is 1040. The lowest BCUT2D eigenvalue weighted by Crippen LogP contribution is -2.62. The monoisotopic (exact) mass is 576 g/mol. The molecule has 0 aromatic heterocycles. The highest BCUT2D eigenvalue weighted by atomic mass is 79.9. The number of aliphatic hydroxyl groups excluding tert-OH is 1. The number of esters is 1. The molecule has 3 aliphatic heterocycles. The van der Waals surface area contributed by atoms with Crippen LogP contribution >= 0.6 is 15.9 Å². The van der Waals surface area contributed by atoms with Gasteiger partial charge in [0.1, 0.15) is 11.6 Å². The van der Waals surface area contributed by atoms with Crippen LogP contribution in [0.3, 0.4) is 0 Å². The lowest BCUT2D eigenvalue weighted by molar-refractivity contribution is -0.157. The van der Waals surface area contributed by atoms with Gasteiger partial charge in [-0.05, 0) is 46.1 Å². The highest BCUT2D eigenvalue weighted by Crippen LogP contribution is 2.61. The summed E-state index contributed by atoms with van der Waals surface area (Å²) in [7, 11) is 0. The van der Waals surface area contributed by atoms with Gasteiger partial charge in [0, 0.05) is 16.9 Å². The van der Waals surface area contributed by atoms with Gasteiger partial charge in [0.25, 0.3) is 0 Å². The number of likely N-dealkylation sites (tertiary alicyclic amines) is 1. The number of halogens is 1. The number of benzene rings is 1. The van der Waals surface area contributed by atoms with Gasteiger partial charge in [-0.3, -0.25) is 14.4 Å². The first-order valence-electron chi connectivity index (χ1n) is 12.9. The van der Waals surface area contributed by atoms with Gasteiger partial charge in [-0.1, -0.05) is 52.3 Å². The van der Waals surface area contributed by atoms with Crippen LogP contribution in [0.25, 0.3) is 0 Å². The fourth-order valence-electron chi connectivity index (χ4n) is 6.36. The molecular formula is C28H37BrN2O6. The number of hydrogen-bond acceptors (Lipinski definition) is 6. The molecule has 0 saturated carbocycles. The number of ether oxygens (including phenoxy) is 2. The molecule has 1 spiro atoms. The lowest BCUT2D eigenvalue weighted by Gasteiger charge is -2.43. The SMILES string of the molecule is C=CCN(C(=O)C1N([C@@H](CO)Cc2ccccc2)C(=O)[C@@H]2[C@@H](C(=O)OCC)[C@@H]3OC12CC3Br)C(C)(C)C. The Kier molecular flexibility index (Phi) is 7.89. The molecule has 3 unspecified atom stereocenters. The third-order valence-corrected chi connectivity index (χ3v) is 8.67. The second-order valence-electron chi connectivity index (χ2n) is 11.1. The Hall–Kier alpha value is -2.23. The zero-order valence-corrected chi connectivity index (χ0v) is 23.5. The van der Waals surface area contributed by atoms with Crippen molar-refractivity contribution in [3.8, 4) is 0 Å². The maximum absolute atomic E-state index is 14.4. The molecule has 3 heterocycles. The molecule has 3 fully saturated rings. The molecule has 0 aliphatic carbocycles. The predicted octanol–water partition coefficient (Wildman–Crippen LogP) is 2.71. The summed E-state index contributed by atoms with van der Waals surface area (Å²) in [5.41, 5.74) is -0.841. The van der Waals surface area contributed by atoms with E-state index in [2.05, 4.69) is 22.5 Å². The van der Waals surface area contributed by atoms with E-state index in [0.717, 1.165) is 5.56 Å². The van der Waals surface area contributed by atoms with Crippen molar-refractivity contribution in [2.24, 2.45) is 11.8 Å². The van der Waals surface area contributed by atoms with Crippen molar-refractivity contribution in [1.29, 1.82) is 0 Å². The number of rotatable bonds is 9. The molecule has 2 amide bonds. The molecule has 37 heavy (non-hydrogen) atoms. The van der Waals surface area contributed by atoms with Crippen LogP contribution in [0, 0.1) is 11.8 Å². The average Bonchev–Trinajstić information content (AvgIpc) is 3.44. The van der Waals surface area contributed by atoms with Crippen molar-refractivity contribution >= 4 is 33.7 Å². The molecule has 9 heteroatoms. The van der Waals surface area contributed by atoms with Crippen molar-refractivity contribution in [2.75, 3.05) is 19.8 Å². The van der Waals surface area contributed by atoms with E-state index in [1.54, 1.807) is 17.9 Å². The molecular weight excluding hydrogens is 540 g/mol. The molecule has 3 aliphatic rings. The topological polar surface area (TPSA) is 96.4 Å². The fourth-order valence-corrected chi connectivity index (χ4v) is 7.30. The molecule has 2 bridgehead atoms. The molecule has 3 saturated heterocycles. The standard InChI is InChI=1S/C28H37BrN2O6/c1-6-13-30(27(3,4)5)25(34)23-28-15-19(29)22(37-28)20(26(35)36-7-2)21(28)24(33)31(23)18(16-32)14-17-11-9-8-10-12-17/h6,8-12,18-23,32H,1,7,13-16H2,2-5H3/t18-,19?,20-,21+,22-,23?,28?/m1/s1. The Morgan fingerprint density at radius 1 is 1.35 bits per heavy atom. The smallest absolute Gasteiger partial charge is 0.312 e. The van der Waals surface area contributed by atoms with Crippen molar-refractivity contribution in [3.63, 3.8) is 0 Å². The molecule has 8 nitrogen and oxygen atoms in total. The Balaban J connectivity index is 1.84. The largest absolute Gasteiger partial charge is 0.466 e. The first-order valence-corrected chi connectivity index (χ1v) is 13.8. The Morgan fingerprint density at radius 2 is 2.03 bits per heavy atom. The number of fused-ring (bicyclic) bond motifs is 1. The van der Waals surface area contributed by atoms with E-state index in [-0.39, 0.29) is 36.4 Å². The summed E-state index contributed by atoms with van der Waals surface area (Å²) in [5, 5.41) is 10.5. The van der Waals surface area contributed by atoms with E-state index in [1.165, 1.54) is 4.90 Å². The summed E-state index contributed by atoms with van der Waals surface area (Å²) >= 11 is 3.67. The van der Waals surface area contributed by atoms with Crippen molar-refractivity contribution in [3.05, 3.63) is 48.6 Å². The van der Waals surface area contributed by atoms with Crippen molar-refractivity contribution in [1.82, 2.24) is 9.80 Å². The maximum Gasteiger partial charge on any atom is 0.312 e. The quantitative estimate of drug-likeness (QED) is 0.276. The summed E-state index contributed by atoms with van der Waals surface area (Å²) in [5.74, 6) is -2.81. The highest BCUT2D eigenvalue weighted by molar-refractivity contribution is 9.09. The van der Waals surface area contributed by atoms with E-state index in [0.29, 0.717) is 12.8 Å². The van der Waals surface area contributed by atoms with Crippen LogP contribution < -0.4 is 0 Å². The lowest BCUT2D eigenvalue weighted by atomic mass is 9.70. The van der Waals surface area contributed by atoms with Crippen LogP contribution in [0.15, 0.2) is 43.0 Å². The Labute approximate surface area is 227 Å². The van der Waals surface area contributed by atoms with E-state index >= 15 is 0 Å². The van der Waals surface area contributed by atoms with Gasteiger partial charge in [-0.15, -0.1) is 6.58 Å². The summed E-state index contributed by atoms with van der Waals surface area (Å²) in [6, 6.07) is 7.87. The minimum absolute atomic E-state index is 0.180. The molecule has 1 aromatic carbocycles. The van der Waals surface area contributed by atoms with Crippen LogP contribution in [0.2, 0.25) is 0 Å². The predicted molar refractivity (Wildman–Crippen MR) is 142 cm³/mol. The van der Waals surface area contributed by atoms with Gasteiger partial charge >= 0.3 is 5.97 Å². The van der Waals surface area contributed by atoms with Gasteiger partial charge in [-0.2, -0.15) is 0 Å². The summed E-state index contributed by atoms with van der Waals surface area (Å²) in [6.07, 6.45) is 1.84. The Morgan fingerprint density at radius 3 is 2.59 bits per heavy atom. The highest BCUT2D eigenvalue weighted by Gasteiger charge is 2.77. The minimum atomic E-state index is -1.21. The number of nitrogens with zero attached hydrogens (tertiary/aromatic N) is 2. The number of carbonyl (C=O) groups is 3. The third-order valence-electron chi connectivity index (χ3n) is 7.83. The van der Waals surface area contributed by atoms with Gasteiger partial charge in [0.05, 0.1) is 37.2 Å². The zero-order chi connectivity index (χ0) is 27.1. The number of hydrogen-bond donors (Lipinski definition) is 1. The first kappa shape index (κ1) is 27.8. The van der Waals surface area contributed by atoms with Gasteiger partial charge in [0.2, 0.25) is 11.8 Å². The third kappa shape index (κ3) is 4.63. The van der Waals surface area contributed by atoms with Crippen LogP contribution in [-0.4, -0.2) is 86.6 Å². The number of alkyl halides is 1. The second kappa shape index (κ2) is 10.5. The molecule has 7 atom stereocenters. The molecule has 1 N–H and O–H groups in total. The first-order chi connectivity index (χ1) is 17.5. The van der Waals surface area contributed by atoms with Crippen LogP contribution in [0.4, 0.5) is 0 Å². The molecule has 202 valence electrons. The summed E-state index contributed by atoms with van der Waals surface area (Å²) in [4.78, 5) is 44.8. The van der Waals surface area contributed by atoms with Crippen LogP contribution in [0.1, 0.15) is 39.7 Å². The molecule has 1 aromatic rings. The van der Waals surface area contributed by atoms with Crippen LogP contribution in [0.5, 0.6) is 0 Å². The average molecular weight is 578 g/mol. The fraction of sp³-hybridized carbons (Fsp3) is 0.607. The van der Waals surface area contributed by atoms with Crippen molar-refractivity contribution < 1.29 is 29.0 Å². The van der Waals surface area contributed by atoms with Gasteiger partial charge in [0.15, 0.2) is 0 Å². The van der Waals surface area contributed by atoms with Crippen molar-refractivity contribution in [2.45, 2.75) is 74.7 Å². The second-order valence-corrected chi connectivity index (χ2v) is 12.3. The summed E-state index contributed by atoms with van der Waals surface area (Å²) in [6.45, 7) is 11.5.